The molecular weight excluding hydrogens is 304 g/mol. The van der Waals surface area contributed by atoms with Gasteiger partial charge in [0.1, 0.15) is 5.54 Å². The Balaban J connectivity index is 2.04. The van der Waals surface area contributed by atoms with Gasteiger partial charge in [-0.15, -0.1) is 0 Å². The van der Waals surface area contributed by atoms with Crippen molar-refractivity contribution in [2.75, 3.05) is 5.75 Å². The molecule has 4 N–H and O–H groups in total. The van der Waals surface area contributed by atoms with Gasteiger partial charge >= 0.3 is 0 Å². The Morgan fingerprint density at radius 2 is 1.71 bits per heavy atom. The van der Waals surface area contributed by atoms with Crippen molar-refractivity contribution < 1.29 is 4.79 Å². The minimum absolute atomic E-state index is 0.426. The Labute approximate surface area is 133 Å². The third-order valence-corrected chi connectivity index (χ3v) is 4.69. The minimum Gasteiger partial charge on any atom is -0.368 e. The lowest BCUT2D eigenvalue weighted by Crippen LogP contribution is -2.51. The van der Waals surface area contributed by atoms with E-state index in [0.29, 0.717) is 10.8 Å². The van der Waals surface area contributed by atoms with Crippen LogP contribution in [0.5, 0.6) is 0 Å². The SMILES string of the molecule is NC(=O)C(N)(CSCc1ccc(Cl)cc1)c1ccccc1. The standard InChI is InChI=1S/C16H17ClN2OS/c17-14-8-6-12(7-9-14)10-21-11-16(19,15(18)20)13-4-2-1-3-5-13/h1-9H,10-11,19H2,(H2,18,20). The van der Waals surface area contributed by atoms with Gasteiger partial charge in [-0.25, -0.2) is 0 Å². The lowest BCUT2D eigenvalue weighted by Gasteiger charge is -2.26. The van der Waals surface area contributed by atoms with Gasteiger partial charge < -0.3 is 11.5 Å². The van der Waals surface area contributed by atoms with Crippen LogP contribution in [0.3, 0.4) is 0 Å². The average molecular weight is 321 g/mol. The summed E-state index contributed by atoms with van der Waals surface area (Å²) in [6, 6.07) is 16.8. The summed E-state index contributed by atoms with van der Waals surface area (Å²) in [4.78, 5) is 11.8. The fourth-order valence-corrected chi connectivity index (χ4v) is 3.23. The van der Waals surface area contributed by atoms with E-state index in [1.54, 1.807) is 11.8 Å². The van der Waals surface area contributed by atoms with Crippen LogP contribution in [0.2, 0.25) is 5.02 Å². The van der Waals surface area contributed by atoms with E-state index in [9.17, 15) is 4.79 Å². The summed E-state index contributed by atoms with van der Waals surface area (Å²) in [7, 11) is 0. The van der Waals surface area contributed by atoms with Crippen LogP contribution in [0.4, 0.5) is 0 Å². The first kappa shape index (κ1) is 15.9. The molecule has 0 aliphatic carbocycles. The molecule has 0 aliphatic heterocycles. The first-order chi connectivity index (χ1) is 10.0. The molecule has 1 unspecified atom stereocenters. The predicted molar refractivity (Wildman–Crippen MR) is 89.1 cm³/mol. The molecule has 2 aromatic carbocycles. The second-order valence-corrected chi connectivity index (χ2v) is 6.24. The maximum Gasteiger partial charge on any atom is 0.242 e. The van der Waals surface area contributed by atoms with Crippen LogP contribution in [0.1, 0.15) is 11.1 Å². The van der Waals surface area contributed by atoms with Gasteiger partial charge in [-0.2, -0.15) is 11.8 Å². The van der Waals surface area contributed by atoms with Crippen molar-refractivity contribution in [3.8, 4) is 0 Å². The zero-order chi connectivity index (χ0) is 15.3. The predicted octanol–water partition coefficient (Wildman–Crippen LogP) is 2.91. The summed E-state index contributed by atoms with van der Waals surface area (Å²) in [5.41, 5.74) is 12.5. The number of amides is 1. The molecule has 0 bridgehead atoms. The highest BCUT2D eigenvalue weighted by molar-refractivity contribution is 7.98. The number of nitrogens with two attached hydrogens (primary N) is 2. The average Bonchev–Trinajstić information content (AvgIpc) is 2.50. The van der Waals surface area contributed by atoms with Crippen molar-refractivity contribution in [2.24, 2.45) is 11.5 Å². The summed E-state index contributed by atoms with van der Waals surface area (Å²) in [5, 5.41) is 0.707. The number of carbonyl (C=O) groups is 1. The number of benzene rings is 2. The number of rotatable bonds is 6. The fraction of sp³-hybridized carbons (Fsp3) is 0.188. The van der Waals surface area contributed by atoms with E-state index in [0.717, 1.165) is 16.9 Å². The zero-order valence-electron chi connectivity index (χ0n) is 11.5. The van der Waals surface area contributed by atoms with Gasteiger partial charge in [0.2, 0.25) is 5.91 Å². The van der Waals surface area contributed by atoms with Crippen molar-refractivity contribution in [1.82, 2.24) is 0 Å². The van der Waals surface area contributed by atoms with Gasteiger partial charge in [0.05, 0.1) is 0 Å². The molecule has 0 radical (unpaired) electrons. The van der Waals surface area contributed by atoms with E-state index in [2.05, 4.69) is 0 Å². The van der Waals surface area contributed by atoms with Crippen molar-refractivity contribution in [3.63, 3.8) is 0 Å². The number of primary amides is 1. The Morgan fingerprint density at radius 3 is 2.29 bits per heavy atom. The number of carbonyl (C=O) groups excluding carboxylic acids is 1. The highest BCUT2D eigenvalue weighted by Crippen LogP contribution is 2.25. The monoisotopic (exact) mass is 320 g/mol. The molecule has 1 atom stereocenters. The number of thioether (sulfide) groups is 1. The van der Waals surface area contributed by atoms with Crippen LogP contribution in [-0.4, -0.2) is 11.7 Å². The lowest BCUT2D eigenvalue weighted by molar-refractivity contribution is -0.122. The third-order valence-electron chi connectivity index (χ3n) is 3.24. The van der Waals surface area contributed by atoms with Crippen molar-refractivity contribution in [1.29, 1.82) is 0 Å². The van der Waals surface area contributed by atoms with Gasteiger partial charge in [0, 0.05) is 16.5 Å². The Bertz CT molecular complexity index is 603. The Morgan fingerprint density at radius 1 is 1.10 bits per heavy atom. The molecule has 0 heterocycles. The van der Waals surface area contributed by atoms with Gasteiger partial charge in [-0.05, 0) is 23.3 Å². The number of hydrogen-bond acceptors (Lipinski definition) is 3. The summed E-state index contributed by atoms with van der Waals surface area (Å²) in [6.45, 7) is 0. The summed E-state index contributed by atoms with van der Waals surface area (Å²) < 4.78 is 0. The van der Waals surface area contributed by atoms with Gasteiger partial charge in [0.15, 0.2) is 0 Å². The van der Waals surface area contributed by atoms with E-state index in [1.165, 1.54) is 0 Å². The quantitative estimate of drug-likeness (QED) is 0.859. The fourth-order valence-electron chi connectivity index (χ4n) is 1.94. The molecule has 0 saturated carbocycles. The second kappa shape index (κ2) is 6.98. The van der Waals surface area contributed by atoms with E-state index in [-0.39, 0.29) is 0 Å². The molecule has 21 heavy (non-hydrogen) atoms. The molecule has 1 amide bonds. The van der Waals surface area contributed by atoms with Gasteiger partial charge in [0.25, 0.3) is 0 Å². The maximum absolute atomic E-state index is 11.8. The van der Waals surface area contributed by atoms with E-state index >= 15 is 0 Å². The molecule has 2 aromatic rings. The maximum atomic E-state index is 11.8. The van der Waals surface area contributed by atoms with Gasteiger partial charge in [-0.3, -0.25) is 4.79 Å². The van der Waals surface area contributed by atoms with Crippen molar-refractivity contribution in [2.45, 2.75) is 11.3 Å². The van der Waals surface area contributed by atoms with Crippen LogP contribution in [0, 0.1) is 0 Å². The highest BCUT2D eigenvalue weighted by Gasteiger charge is 2.33. The van der Waals surface area contributed by atoms with Crippen LogP contribution in [0.15, 0.2) is 54.6 Å². The van der Waals surface area contributed by atoms with Crippen LogP contribution in [0.25, 0.3) is 0 Å². The molecule has 0 spiro atoms. The first-order valence-corrected chi connectivity index (χ1v) is 8.02. The second-order valence-electron chi connectivity index (χ2n) is 4.82. The molecule has 0 fully saturated rings. The molecule has 0 aromatic heterocycles. The molecular formula is C16H17ClN2OS. The van der Waals surface area contributed by atoms with Crippen LogP contribution in [-0.2, 0) is 16.1 Å². The minimum atomic E-state index is -1.15. The molecule has 0 saturated heterocycles. The van der Waals surface area contributed by atoms with Gasteiger partial charge in [-0.1, -0.05) is 54.1 Å². The third kappa shape index (κ3) is 4.00. The molecule has 0 aliphatic rings. The summed E-state index contributed by atoms with van der Waals surface area (Å²) in [5.74, 6) is 0.655. The first-order valence-electron chi connectivity index (χ1n) is 6.49. The number of halogens is 1. The summed E-state index contributed by atoms with van der Waals surface area (Å²) >= 11 is 7.43. The normalized spacial score (nSPS) is 13.6. The highest BCUT2D eigenvalue weighted by atomic mass is 35.5. The largest absolute Gasteiger partial charge is 0.368 e. The topological polar surface area (TPSA) is 69.1 Å². The Kier molecular flexibility index (Phi) is 5.28. The van der Waals surface area contributed by atoms with Crippen LogP contribution >= 0.6 is 23.4 Å². The lowest BCUT2D eigenvalue weighted by atomic mass is 9.92. The number of hydrogen-bond donors (Lipinski definition) is 2. The smallest absolute Gasteiger partial charge is 0.242 e. The zero-order valence-corrected chi connectivity index (χ0v) is 13.0. The molecule has 5 heteroatoms. The van der Waals surface area contributed by atoms with E-state index < -0.39 is 11.4 Å². The van der Waals surface area contributed by atoms with Crippen molar-refractivity contribution in [3.05, 3.63) is 70.7 Å². The van der Waals surface area contributed by atoms with Crippen LogP contribution < -0.4 is 11.5 Å². The Hall–Kier alpha value is -1.49. The molecule has 3 nitrogen and oxygen atoms in total. The van der Waals surface area contributed by atoms with E-state index in [1.807, 2.05) is 54.6 Å². The van der Waals surface area contributed by atoms with Crippen molar-refractivity contribution >= 4 is 29.3 Å². The molecule has 110 valence electrons. The van der Waals surface area contributed by atoms with E-state index in [4.69, 9.17) is 23.1 Å². The molecule has 2 rings (SSSR count). The summed E-state index contributed by atoms with van der Waals surface area (Å²) in [6.07, 6.45) is 0.